The Labute approximate surface area is 142 Å². The first-order valence-electron chi connectivity index (χ1n) is 7.69. The smallest absolute Gasteiger partial charge is 0.394 e. The van der Waals surface area contributed by atoms with Gasteiger partial charge >= 0.3 is 6.18 Å². The quantitative estimate of drug-likeness (QED) is 0.654. The summed E-state index contributed by atoms with van der Waals surface area (Å²) >= 11 is 0. The van der Waals surface area contributed by atoms with Gasteiger partial charge in [0.2, 0.25) is 0 Å². The Balaban J connectivity index is 0.00000243. The standard InChI is InChI=1S/C16H16F3N5O.H2/c1-2-9(8-25)21-12-6-5-11(16(17,18)19)14(22-12)13-10-4-3-7-20-15(10)24-23-13;/h3-7,9,25H,2,8H2,1H3,(H,21,22)(H,20,23,24);1H. The molecule has 0 bridgehead atoms. The normalized spacial score (nSPS) is 13.2. The van der Waals surface area contributed by atoms with Crippen LogP contribution in [0.4, 0.5) is 19.0 Å². The van der Waals surface area contributed by atoms with Crippen molar-refractivity contribution < 1.29 is 19.7 Å². The molecule has 1 atom stereocenters. The van der Waals surface area contributed by atoms with Gasteiger partial charge in [-0.2, -0.15) is 18.3 Å². The van der Waals surface area contributed by atoms with Gasteiger partial charge in [0, 0.05) is 13.0 Å². The fourth-order valence-electron chi connectivity index (χ4n) is 2.48. The zero-order chi connectivity index (χ0) is 18.0. The molecule has 0 aliphatic heterocycles. The molecule has 0 amide bonds. The summed E-state index contributed by atoms with van der Waals surface area (Å²) in [5, 5.41) is 19.2. The van der Waals surface area contributed by atoms with Crippen molar-refractivity contribution in [3.05, 3.63) is 36.0 Å². The maximum absolute atomic E-state index is 13.4. The van der Waals surface area contributed by atoms with E-state index in [1.54, 1.807) is 12.1 Å². The van der Waals surface area contributed by atoms with Crippen molar-refractivity contribution in [1.82, 2.24) is 20.2 Å². The van der Waals surface area contributed by atoms with Gasteiger partial charge in [-0.05, 0) is 30.7 Å². The number of rotatable bonds is 5. The molecule has 3 rings (SSSR count). The lowest BCUT2D eigenvalue weighted by Gasteiger charge is -2.17. The molecule has 0 aliphatic rings. The molecule has 134 valence electrons. The fraction of sp³-hybridized carbons (Fsp3) is 0.312. The van der Waals surface area contributed by atoms with Crippen LogP contribution in [-0.2, 0) is 6.18 Å². The average molecular weight is 353 g/mol. The molecule has 25 heavy (non-hydrogen) atoms. The summed E-state index contributed by atoms with van der Waals surface area (Å²) in [6.45, 7) is 1.71. The highest BCUT2D eigenvalue weighted by atomic mass is 19.4. The lowest BCUT2D eigenvalue weighted by molar-refractivity contribution is -0.137. The lowest BCUT2D eigenvalue weighted by Crippen LogP contribution is -2.23. The van der Waals surface area contributed by atoms with Crippen LogP contribution in [0.2, 0.25) is 0 Å². The van der Waals surface area contributed by atoms with E-state index in [4.69, 9.17) is 0 Å². The summed E-state index contributed by atoms with van der Waals surface area (Å²) in [6, 6.07) is 5.18. The van der Waals surface area contributed by atoms with Crippen LogP contribution in [0, 0.1) is 0 Å². The number of aliphatic hydroxyl groups is 1. The summed E-state index contributed by atoms with van der Waals surface area (Å²) in [7, 11) is 0. The van der Waals surface area contributed by atoms with Crippen LogP contribution >= 0.6 is 0 Å². The number of aromatic nitrogens is 4. The van der Waals surface area contributed by atoms with Crippen LogP contribution in [0.25, 0.3) is 22.4 Å². The third-order valence-corrected chi connectivity index (χ3v) is 3.83. The van der Waals surface area contributed by atoms with Gasteiger partial charge in [-0.15, -0.1) is 0 Å². The lowest BCUT2D eigenvalue weighted by atomic mass is 10.1. The minimum Gasteiger partial charge on any atom is -0.394 e. The maximum atomic E-state index is 13.4. The molecule has 3 heterocycles. The van der Waals surface area contributed by atoms with Gasteiger partial charge in [-0.25, -0.2) is 9.97 Å². The molecule has 0 saturated carbocycles. The number of nitrogens with one attached hydrogen (secondary N) is 2. The molecule has 0 aliphatic carbocycles. The predicted molar refractivity (Wildman–Crippen MR) is 89.0 cm³/mol. The summed E-state index contributed by atoms with van der Waals surface area (Å²) < 4.78 is 40.2. The van der Waals surface area contributed by atoms with Gasteiger partial charge in [-0.3, -0.25) is 5.10 Å². The monoisotopic (exact) mass is 353 g/mol. The number of hydrogen-bond donors (Lipinski definition) is 3. The van der Waals surface area contributed by atoms with Gasteiger partial charge in [0.1, 0.15) is 11.5 Å². The van der Waals surface area contributed by atoms with Gasteiger partial charge in [0.05, 0.1) is 23.9 Å². The van der Waals surface area contributed by atoms with E-state index in [0.29, 0.717) is 17.5 Å². The summed E-state index contributed by atoms with van der Waals surface area (Å²) in [5.74, 6) is 0.246. The summed E-state index contributed by atoms with van der Waals surface area (Å²) in [4.78, 5) is 8.14. The SMILES string of the molecule is CCC(CO)Nc1ccc(C(F)(F)F)c(-c2[nH]nc3ncccc23)n1.[HH]. The summed E-state index contributed by atoms with van der Waals surface area (Å²) in [6.07, 6.45) is -2.46. The minimum absolute atomic E-state index is 0. The molecule has 1 unspecified atom stereocenters. The number of aromatic amines is 1. The Morgan fingerprint density at radius 3 is 2.80 bits per heavy atom. The van der Waals surface area contributed by atoms with E-state index in [2.05, 4.69) is 25.5 Å². The van der Waals surface area contributed by atoms with Crippen LogP contribution < -0.4 is 5.32 Å². The zero-order valence-corrected chi connectivity index (χ0v) is 13.3. The predicted octanol–water partition coefficient (Wildman–Crippen LogP) is 3.47. The van der Waals surface area contributed by atoms with Crippen LogP contribution in [-0.4, -0.2) is 37.9 Å². The van der Waals surface area contributed by atoms with Crippen molar-refractivity contribution in [2.45, 2.75) is 25.6 Å². The molecule has 3 N–H and O–H groups in total. The van der Waals surface area contributed by atoms with Crippen LogP contribution in [0.15, 0.2) is 30.5 Å². The van der Waals surface area contributed by atoms with E-state index >= 15 is 0 Å². The molecule has 3 aromatic heterocycles. The minimum atomic E-state index is -4.57. The second kappa shape index (κ2) is 6.67. The third kappa shape index (κ3) is 3.41. The number of nitrogens with zero attached hydrogens (tertiary/aromatic N) is 3. The fourth-order valence-corrected chi connectivity index (χ4v) is 2.48. The molecule has 0 radical (unpaired) electrons. The highest BCUT2D eigenvalue weighted by Gasteiger charge is 2.35. The van der Waals surface area contributed by atoms with Crippen molar-refractivity contribution in [3.8, 4) is 11.4 Å². The Bertz CT molecular complexity index is 880. The number of halogens is 3. The largest absolute Gasteiger partial charge is 0.418 e. The number of aliphatic hydroxyl groups excluding tert-OH is 1. The first-order chi connectivity index (χ1) is 11.9. The van der Waals surface area contributed by atoms with Gasteiger partial charge < -0.3 is 10.4 Å². The molecule has 6 nitrogen and oxygen atoms in total. The molecular formula is C16H18F3N5O. The van der Waals surface area contributed by atoms with Crippen molar-refractivity contribution >= 4 is 16.9 Å². The average Bonchev–Trinajstić information content (AvgIpc) is 3.02. The van der Waals surface area contributed by atoms with Gasteiger partial charge in [0.15, 0.2) is 5.65 Å². The van der Waals surface area contributed by atoms with E-state index in [0.717, 1.165) is 6.07 Å². The molecular weight excluding hydrogens is 335 g/mol. The first kappa shape index (κ1) is 17.2. The number of H-pyrrole nitrogens is 1. The third-order valence-electron chi connectivity index (χ3n) is 3.83. The van der Waals surface area contributed by atoms with Crippen molar-refractivity contribution in [1.29, 1.82) is 0 Å². The van der Waals surface area contributed by atoms with Crippen molar-refractivity contribution in [2.75, 3.05) is 11.9 Å². The summed E-state index contributed by atoms with van der Waals surface area (Å²) in [5.41, 5.74) is -0.672. The van der Waals surface area contributed by atoms with Gasteiger partial charge in [0.25, 0.3) is 0 Å². The Morgan fingerprint density at radius 1 is 1.32 bits per heavy atom. The van der Waals surface area contributed by atoms with Crippen molar-refractivity contribution in [2.24, 2.45) is 0 Å². The van der Waals surface area contributed by atoms with E-state index in [9.17, 15) is 18.3 Å². The Kier molecular flexibility index (Phi) is 4.58. The topological polar surface area (TPSA) is 86.7 Å². The highest BCUT2D eigenvalue weighted by Crippen LogP contribution is 2.38. The Hall–Kier alpha value is -2.68. The molecule has 0 spiro atoms. The number of pyridine rings is 2. The number of anilines is 1. The maximum Gasteiger partial charge on any atom is 0.418 e. The number of alkyl halides is 3. The van der Waals surface area contributed by atoms with E-state index in [1.165, 1.54) is 12.3 Å². The van der Waals surface area contributed by atoms with E-state index in [1.807, 2.05) is 6.92 Å². The zero-order valence-electron chi connectivity index (χ0n) is 13.3. The number of fused-ring (bicyclic) bond motifs is 1. The van der Waals surface area contributed by atoms with Gasteiger partial charge in [-0.1, -0.05) is 6.92 Å². The van der Waals surface area contributed by atoms with E-state index < -0.39 is 11.7 Å². The molecule has 9 heteroatoms. The second-order valence-corrected chi connectivity index (χ2v) is 5.50. The van der Waals surface area contributed by atoms with Crippen LogP contribution in [0.1, 0.15) is 20.3 Å². The second-order valence-electron chi connectivity index (χ2n) is 5.50. The van der Waals surface area contributed by atoms with E-state index in [-0.39, 0.29) is 31.3 Å². The van der Waals surface area contributed by atoms with Crippen LogP contribution in [0.3, 0.4) is 0 Å². The molecule has 3 aromatic rings. The Morgan fingerprint density at radius 2 is 2.12 bits per heavy atom. The first-order valence-corrected chi connectivity index (χ1v) is 7.69. The molecule has 0 saturated heterocycles. The molecule has 0 fully saturated rings. The van der Waals surface area contributed by atoms with Crippen LogP contribution in [0.5, 0.6) is 0 Å². The molecule has 0 aromatic carbocycles. The van der Waals surface area contributed by atoms with Crippen molar-refractivity contribution in [3.63, 3.8) is 0 Å². The number of hydrogen-bond acceptors (Lipinski definition) is 5. The highest BCUT2D eigenvalue weighted by molar-refractivity contribution is 5.90.